The number of unbranched alkanes of at least 4 members (excludes halogenated alkanes) is 3. The second kappa shape index (κ2) is 10.8. The first-order valence-corrected chi connectivity index (χ1v) is 6.44. The quantitative estimate of drug-likeness (QED) is 0.385. The number of aliphatic carboxylic acids is 1. The van der Waals surface area contributed by atoms with Crippen LogP contribution in [0.4, 0.5) is 0 Å². The van der Waals surface area contributed by atoms with Crippen LogP contribution in [0.25, 0.3) is 0 Å². The van der Waals surface area contributed by atoms with Crippen molar-refractivity contribution in [3.05, 3.63) is 12.7 Å². The number of nitrogens with two attached hydrogens (primary N) is 1. The molecule has 0 aromatic rings. The molecule has 104 valence electrons. The number of carboxylic acids is 1. The number of allylic oxidation sites excluding steroid dienone is 1. The number of hydrogen-bond donors (Lipinski definition) is 3. The average Bonchev–Trinajstić information content (AvgIpc) is 2.33. The van der Waals surface area contributed by atoms with Gasteiger partial charge in [0, 0.05) is 13.0 Å². The Balaban J connectivity index is 3.35. The minimum absolute atomic E-state index is 0.0570. The van der Waals surface area contributed by atoms with Gasteiger partial charge in [0.15, 0.2) is 0 Å². The number of carbonyl (C=O) groups excluding carboxylic acids is 1. The molecular formula is C13H24N2O3. The summed E-state index contributed by atoms with van der Waals surface area (Å²) in [5.41, 5.74) is 5.36. The molecule has 0 bridgehead atoms. The van der Waals surface area contributed by atoms with Crippen molar-refractivity contribution in [2.24, 2.45) is 5.73 Å². The number of nitrogens with one attached hydrogen (secondary N) is 1. The molecule has 4 N–H and O–H groups in total. The van der Waals surface area contributed by atoms with E-state index in [1.807, 2.05) is 6.08 Å². The van der Waals surface area contributed by atoms with Crippen molar-refractivity contribution in [2.45, 2.75) is 51.0 Å². The molecule has 1 amide bonds. The van der Waals surface area contributed by atoms with E-state index in [1.54, 1.807) is 0 Å². The minimum atomic E-state index is -0.971. The van der Waals surface area contributed by atoms with E-state index in [-0.39, 0.29) is 5.91 Å². The number of rotatable bonds is 11. The molecule has 0 aliphatic rings. The van der Waals surface area contributed by atoms with Crippen LogP contribution in [-0.4, -0.2) is 29.6 Å². The molecule has 18 heavy (non-hydrogen) atoms. The topological polar surface area (TPSA) is 92.4 Å². The second-order valence-electron chi connectivity index (χ2n) is 4.32. The van der Waals surface area contributed by atoms with E-state index in [9.17, 15) is 9.59 Å². The van der Waals surface area contributed by atoms with Gasteiger partial charge in [-0.25, -0.2) is 0 Å². The average molecular weight is 256 g/mol. The number of carbonyl (C=O) groups is 2. The third-order valence-electron chi connectivity index (χ3n) is 2.64. The van der Waals surface area contributed by atoms with Crippen LogP contribution < -0.4 is 11.1 Å². The summed E-state index contributed by atoms with van der Waals surface area (Å²) in [6.07, 6.45) is 7.13. The van der Waals surface area contributed by atoms with Crippen molar-refractivity contribution < 1.29 is 14.7 Å². The van der Waals surface area contributed by atoms with E-state index in [0.717, 1.165) is 25.7 Å². The van der Waals surface area contributed by atoms with Gasteiger partial charge in [0.05, 0.1) is 0 Å². The van der Waals surface area contributed by atoms with Crippen LogP contribution in [0.5, 0.6) is 0 Å². The molecule has 0 radical (unpaired) electrons. The molecule has 0 spiro atoms. The number of carboxylic acid groups (broad SMARTS) is 1. The van der Waals surface area contributed by atoms with Crippen molar-refractivity contribution in [3.63, 3.8) is 0 Å². The molecule has 0 aliphatic heterocycles. The Morgan fingerprint density at radius 3 is 2.61 bits per heavy atom. The SMILES string of the molecule is C=CCCCCC(=O)NCCCC[C@H](N)C(=O)O. The molecule has 0 fully saturated rings. The van der Waals surface area contributed by atoms with Gasteiger partial charge in [-0.1, -0.05) is 6.08 Å². The Morgan fingerprint density at radius 2 is 2.00 bits per heavy atom. The summed E-state index contributed by atoms with van der Waals surface area (Å²) in [6, 6.07) is -0.792. The first-order chi connectivity index (χ1) is 8.57. The Morgan fingerprint density at radius 1 is 1.28 bits per heavy atom. The first-order valence-electron chi connectivity index (χ1n) is 6.44. The summed E-state index contributed by atoms with van der Waals surface area (Å²) in [4.78, 5) is 21.8. The molecule has 0 saturated heterocycles. The second-order valence-corrected chi connectivity index (χ2v) is 4.32. The predicted molar refractivity (Wildman–Crippen MR) is 71.1 cm³/mol. The lowest BCUT2D eigenvalue weighted by Crippen LogP contribution is -2.30. The fourth-order valence-electron chi connectivity index (χ4n) is 1.50. The summed E-state index contributed by atoms with van der Waals surface area (Å²) in [5, 5.41) is 11.4. The zero-order chi connectivity index (χ0) is 13.8. The zero-order valence-electron chi connectivity index (χ0n) is 10.9. The summed E-state index contributed by atoms with van der Waals surface area (Å²) in [7, 11) is 0. The van der Waals surface area contributed by atoms with Crippen LogP contribution in [0.3, 0.4) is 0 Å². The van der Waals surface area contributed by atoms with Crippen LogP contribution >= 0.6 is 0 Å². The van der Waals surface area contributed by atoms with E-state index in [4.69, 9.17) is 10.8 Å². The molecule has 0 rings (SSSR count). The van der Waals surface area contributed by atoms with Crippen LogP contribution in [0.15, 0.2) is 12.7 Å². The van der Waals surface area contributed by atoms with E-state index in [1.165, 1.54) is 0 Å². The van der Waals surface area contributed by atoms with Crippen molar-refractivity contribution in [1.29, 1.82) is 0 Å². The Bertz CT molecular complexity index is 267. The maximum Gasteiger partial charge on any atom is 0.320 e. The van der Waals surface area contributed by atoms with Crippen LogP contribution in [0, 0.1) is 0 Å². The Labute approximate surface area is 108 Å². The lowest BCUT2D eigenvalue weighted by atomic mass is 10.1. The maximum atomic E-state index is 11.4. The highest BCUT2D eigenvalue weighted by Gasteiger charge is 2.10. The zero-order valence-corrected chi connectivity index (χ0v) is 10.9. The maximum absolute atomic E-state index is 11.4. The lowest BCUT2D eigenvalue weighted by molar-refractivity contribution is -0.138. The van der Waals surface area contributed by atoms with Gasteiger partial charge in [-0.05, 0) is 38.5 Å². The fraction of sp³-hybridized carbons (Fsp3) is 0.692. The molecule has 0 aromatic carbocycles. The molecular weight excluding hydrogens is 232 g/mol. The van der Waals surface area contributed by atoms with Gasteiger partial charge in [0.25, 0.3) is 0 Å². The van der Waals surface area contributed by atoms with Gasteiger partial charge < -0.3 is 16.2 Å². The highest BCUT2D eigenvalue weighted by Crippen LogP contribution is 2.01. The Kier molecular flexibility index (Phi) is 9.96. The molecule has 0 aliphatic carbocycles. The highest BCUT2D eigenvalue weighted by atomic mass is 16.4. The normalized spacial score (nSPS) is 11.8. The summed E-state index contributed by atoms with van der Waals surface area (Å²) >= 11 is 0. The van der Waals surface area contributed by atoms with Gasteiger partial charge in [-0.2, -0.15) is 0 Å². The van der Waals surface area contributed by atoms with Crippen LogP contribution in [0.1, 0.15) is 44.9 Å². The molecule has 0 unspecified atom stereocenters. The first kappa shape index (κ1) is 16.6. The van der Waals surface area contributed by atoms with Crippen LogP contribution in [-0.2, 0) is 9.59 Å². The van der Waals surface area contributed by atoms with E-state index < -0.39 is 12.0 Å². The molecule has 0 heterocycles. The van der Waals surface area contributed by atoms with E-state index in [2.05, 4.69) is 11.9 Å². The third kappa shape index (κ3) is 9.84. The molecule has 0 aromatic heterocycles. The van der Waals surface area contributed by atoms with Gasteiger partial charge in [-0.3, -0.25) is 9.59 Å². The molecule has 5 nitrogen and oxygen atoms in total. The number of hydrogen-bond acceptors (Lipinski definition) is 3. The molecule has 0 saturated carbocycles. The van der Waals surface area contributed by atoms with Crippen molar-refractivity contribution >= 4 is 11.9 Å². The van der Waals surface area contributed by atoms with Crippen LogP contribution in [0.2, 0.25) is 0 Å². The highest BCUT2D eigenvalue weighted by molar-refractivity contribution is 5.75. The van der Waals surface area contributed by atoms with E-state index in [0.29, 0.717) is 25.8 Å². The summed E-state index contributed by atoms with van der Waals surface area (Å²) in [5.74, 6) is -0.914. The van der Waals surface area contributed by atoms with Gasteiger partial charge in [0.2, 0.25) is 5.91 Å². The largest absolute Gasteiger partial charge is 0.480 e. The monoisotopic (exact) mass is 256 g/mol. The van der Waals surface area contributed by atoms with E-state index >= 15 is 0 Å². The lowest BCUT2D eigenvalue weighted by Gasteiger charge is -2.07. The standard InChI is InChI=1S/C13H24N2O3/c1-2-3-4-5-9-12(16)15-10-7-6-8-11(14)13(17)18/h2,11H,1,3-10,14H2,(H,15,16)(H,17,18)/t11-/m0/s1. The predicted octanol–water partition coefficient (Wildman–Crippen LogP) is 1.43. The molecule has 5 heteroatoms. The Hall–Kier alpha value is -1.36. The molecule has 1 atom stereocenters. The van der Waals surface area contributed by atoms with Crippen molar-refractivity contribution in [3.8, 4) is 0 Å². The van der Waals surface area contributed by atoms with Gasteiger partial charge in [0.1, 0.15) is 6.04 Å². The summed E-state index contributed by atoms with van der Waals surface area (Å²) in [6.45, 7) is 4.21. The third-order valence-corrected chi connectivity index (χ3v) is 2.64. The van der Waals surface area contributed by atoms with Crippen molar-refractivity contribution in [2.75, 3.05) is 6.54 Å². The minimum Gasteiger partial charge on any atom is -0.480 e. The number of amides is 1. The van der Waals surface area contributed by atoms with Gasteiger partial charge >= 0.3 is 5.97 Å². The van der Waals surface area contributed by atoms with Gasteiger partial charge in [-0.15, -0.1) is 6.58 Å². The smallest absolute Gasteiger partial charge is 0.320 e. The fourth-order valence-corrected chi connectivity index (χ4v) is 1.50. The summed E-state index contributed by atoms with van der Waals surface area (Å²) < 4.78 is 0. The van der Waals surface area contributed by atoms with Crippen molar-refractivity contribution in [1.82, 2.24) is 5.32 Å².